The number of nitrogens with zero attached hydrogens (tertiary/aromatic N) is 1. The largest absolute Gasteiger partial charge is 0.463 e. The van der Waals surface area contributed by atoms with Gasteiger partial charge < -0.3 is 15.4 Å². The van der Waals surface area contributed by atoms with Gasteiger partial charge >= 0.3 is 12.0 Å². The van der Waals surface area contributed by atoms with E-state index in [1.54, 1.807) is 6.92 Å². The summed E-state index contributed by atoms with van der Waals surface area (Å²) < 4.78 is 5.35. The van der Waals surface area contributed by atoms with Gasteiger partial charge in [-0.15, -0.1) is 0 Å². The van der Waals surface area contributed by atoms with Crippen LogP contribution in [0.25, 0.3) is 10.8 Å². The molecule has 0 fully saturated rings. The Morgan fingerprint density at radius 2 is 1.79 bits per heavy atom. The van der Waals surface area contributed by atoms with Crippen LogP contribution in [0.4, 0.5) is 4.79 Å². The number of carbonyl (C=O) groups is 2. The fourth-order valence-electron chi connectivity index (χ4n) is 3.60. The van der Waals surface area contributed by atoms with Gasteiger partial charge in [0.2, 0.25) is 0 Å². The number of ether oxygens (including phenoxy) is 1. The molecular weight excluding hydrogens is 354 g/mol. The van der Waals surface area contributed by atoms with Crippen LogP contribution in [0.2, 0.25) is 0 Å². The maximum Gasteiger partial charge on any atom is 0.338 e. The van der Waals surface area contributed by atoms with Crippen molar-refractivity contribution in [2.45, 2.75) is 26.8 Å². The Morgan fingerprint density at radius 3 is 2.50 bits per heavy atom. The molecule has 3 rings (SSSR count). The zero-order valence-corrected chi connectivity index (χ0v) is 16.6. The molecule has 0 saturated carbocycles. The second kappa shape index (κ2) is 8.89. The number of benzene rings is 2. The predicted octanol–water partition coefficient (Wildman–Crippen LogP) is 3.35. The summed E-state index contributed by atoms with van der Waals surface area (Å²) in [5.41, 5.74) is 1.95. The molecule has 2 N–H and O–H groups in total. The number of hydrogen-bond acceptors (Lipinski definition) is 4. The third-order valence-electron chi connectivity index (χ3n) is 5.06. The normalized spacial score (nSPS) is 16.9. The number of urea groups is 1. The molecular formula is C22H27N3O3. The quantitative estimate of drug-likeness (QED) is 0.722. The lowest BCUT2D eigenvalue weighted by molar-refractivity contribution is -0.139. The molecule has 0 radical (unpaired) electrons. The molecule has 0 aliphatic carbocycles. The van der Waals surface area contributed by atoms with Gasteiger partial charge in [-0.3, -0.25) is 4.90 Å². The molecule has 0 bridgehead atoms. The second-order valence-corrected chi connectivity index (χ2v) is 6.67. The summed E-state index contributed by atoms with van der Waals surface area (Å²) in [6, 6.07) is 13.0. The van der Waals surface area contributed by atoms with E-state index in [0.29, 0.717) is 17.8 Å². The molecule has 0 spiro atoms. The number of fused-ring (bicyclic) bond motifs is 1. The zero-order chi connectivity index (χ0) is 20.1. The van der Waals surface area contributed by atoms with Gasteiger partial charge in [-0.1, -0.05) is 56.3 Å². The van der Waals surface area contributed by atoms with Crippen LogP contribution in [0.15, 0.2) is 53.7 Å². The summed E-state index contributed by atoms with van der Waals surface area (Å²) >= 11 is 0. The smallest absolute Gasteiger partial charge is 0.338 e. The molecule has 1 aliphatic rings. The van der Waals surface area contributed by atoms with Gasteiger partial charge in [0, 0.05) is 12.2 Å². The van der Waals surface area contributed by atoms with Crippen LogP contribution in [0.1, 0.15) is 32.4 Å². The van der Waals surface area contributed by atoms with Crippen molar-refractivity contribution in [2.24, 2.45) is 0 Å². The third kappa shape index (κ3) is 4.02. The monoisotopic (exact) mass is 381 g/mol. The van der Waals surface area contributed by atoms with Gasteiger partial charge in [0.1, 0.15) is 0 Å². The van der Waals surface area contributed by atoms with E-state index in [2.05, 4.69) is 29.4 Å². The molecule has 28 heavy (non-hydrogen) atoms. The van der Waals surface area contributed by atoms with Crippen LogP contribution in [0, 0.1) is 0 Å². The second-order valence-electron chi connectivity index (χ2n) is 6.67. The SMILES string of the molecule is CCOC(=O)C1=C(CN(CC)CC)NC(=O)NC1c1cccc2ccccc12. The summed E-state index contributed by atoms with van der Waals surface area (Å²) in [6.45, 7) is 8.28. The number of hydrogen-bond donors (Lipinski definition) is 2. The minimum absolute atomic E-state index is 0.275. The summed E-state index contributed by atoms with van der Waals surface area (Å²) in [4.78, 5) is 27.5. The van der Waals surface area contributed by atoms with E-state index in [0.717, 1.165) is 29.4 Å². The lowest BCUT2D eigenvalue weighted by Crippen LogP contribution is -2.48. The van der Waals surface area contributed by atoms with Crippen molar-refractivity contribution in [1.29, 1.82) is 0 Å². The maximum absolute atomic E-state index is 12.9. The molecule has 6 nitrogen and oxygen atoms in total. The molecule has 2 aromatic rings. The van der Waals surface area contributed by atoms with Crippen molar-refractivity contribution in [1.82, 2.24) is 15.5 Å². The highest BCUT2D eigenvalue weighted by molar-refractivity contribution is 5.97. The Hall–Kier alpha value is -2.86. The Labute approximate surface area is 165 Å². The number of rotatable bonds is 7. The van der Waals surface area contributed by atoms with E-state index in [-0.39, 0.29) is 12.6 Å². The summed E-state index contributed by atoms with van der Waals surface area (Å²) in [5, 5.41) is 7.82. The molecule has 148 valence electrons. The van der Waals surface area contributed by atoms with Crippen molar-refractivity contribution in [3.05, 3.63) is 59.3 Å². The number of likely N-dealkylation sites (N-methyl/N-ethyl adjacent to an activating group) is 1. The first-order valence-electron chi connectivity index (χ1n) is 9.76. The van der Waals surface area contributed by atoms with Crippen LogP contribution in [0.5, 0.6) is 0 Å². The van der Waals surface area contributed by atoms with Crippen molar-refractivity contribution in [3.8, 4) is 0 Å². The van der Waals surface area contributed by atoms with Crippen LogP contribution >= 0.6 is 0 Å². The first kappa shape index (κ1) is 19.9. The minimum Gasteiger partial charge on any atom is -0.463 e. The van der Waals surface area contributed by atoms with Crippen LogP contribution in [-0.2, 0) is 9.53 Å². The van der Waals surface area contributed by atoms with Crippen molar-refractivity contribution in [3.63, 3.8) is 0 Å². The van der Waals surface area contributed by atoms with Gasteiger partial charge in [-0.2, -0.15) is 0 Å². The van der Waals surface area contributed by atoms with Crippen molar-refractivity contribution in [2.75, 3.05) is 26.2 Å². The predicted molar refractivity (Wildman–Crippen MR) is 110 cm³/mol. The molecule has 1 aliphatic heterocycles. The number of esters is 1. The number of carbonyl (C=O) groups excluding carboxylic acids is 2. The molecule has 1 atom stereocenters. The van der Waals surface area contributed by atoms with Gasteiger partial charge in [0.25, 0.3) is 0 Å². The Bertz CT molecular complexity index is 898. The molecule has 1 heterocycles. The average molecular weight is 381 g/mol. The van der Waals surface area contributed by atoms with Crippen LogP contribution in [0.3, 0.4) is 0 Å². The summed E-state index contributed by atoms with van der Waals surface area (Å²) in [5.74, 6) is -0.407. The molecule has 2 aromatic carbocycles. The molecule has 2 amide bonds. The zero-order valence-electron chi connectivity index (χ0n) is 16.6. The van der Waals surface area contributed by atoms with Gasteiger partial charge in [-0.05, 0) is 36.3 Å². The van der Waals surface area contributed by atoms with Crippen LogP contribution in [-0.4, -0.2) is 43.1 Å². The van der Waals surface area contributed by atoms with Crippen molar-refractivity contribution >= 4 is 22.8 Å². The van der Waals surface area contributed by atoms with Gasteiger partial charge in [0.05, 0.1) is 18.2 Å². The maximum atomic E-state index is 12.9. The summed E-state index contributed by atoms with van der Waals surface area (Å²) in [7, 11) is 0. The standard InChI is InChI=1S/C22H27N3O3/c1-4-25(5-2)14-18-19(21(26)28-6-3)20(24-22(27)23-18)17-13-9-11-15-10-7-8-12-16(15)17/h7-13,20H,4-6,14H2,1-3H3,(H2,23,24,27). The molecule has 0 saturated heterocycles. The Balaban J connectivity index is 2.15. The van der Waals surface area contributed by atoms with E-state index in [1.807, 2.05) is 42.5 Å². The van der Waals surface area contributed by atoms with E-state index >= 15 is 0 Å². The highest BCUT2D eigenvalue weighted by Gasteiger charge is 2.34. The van der Waals surface area contributed by atoms with Gasteiger partial charge in [0.15, 0.2) is 0 Å². The molecule has 6 heteroatoms. The highest BCUT2D eigenvalue weighted by Crippen LogP contribution is 2.32. The van der Waals surface area contributed by atoms with Crippen molar-refractivity contribution < 1.29 is 14.3 Å². The summed E-state index contributed by atoms with van der Waals surface area (Å²) in [6.07, 6.45) is 0. The average Bonchev–Trinajstić information content (AvgIpc) is 2.71. The highest BCUT2D eigenvalue weighted by atomic mass is 16.5. The van der Waals surface area contributed by atoms with E-state index in [4.69, 9.17) is 4.74 Å². The lowest BCUT2D eigenvalue weighted by Gasteiger charge is -2.32. The first-order chi connectivity index (χ1) is 13.6. The number of nitrogens with one attached hydrogen (secondary N) is 2. The topological polar surface area (TPSA) is 70.7 Å². The van der Waals surface area contributed by atoms with E-state index < -0.39 is 12.0 Å². The van der Waals surface area contributed by atoms with E-state index in [1.165, 1.54) is 0 Å². The first-order valence-corrected chi connectivity index (χ1v) is 9.76. The number of amides is 2. The van der Waals surface area contributed by atoms with Crippen LogP contribution < -0.4 is 10.6 Å². The Kier molecular flexibility index (Phi) is 6.31. The van der Waals surface area contributed by atoms with E-state index in [9.17, 15) is 9.59 Å². The lowest BCUT2D eigenvalue weighted by atomic mass is 9.91. The third-order valence-corrected chi connectivity index (χ3v) is 5.06. The van der Waals surface area contributed by atoms with Gasteiger partial charge in [-0.25, -0.2) is 9.59 Å². The fraction of sp³-hybridized carbons (Fsp3) is 0.364. The minimum atomic E-state index is -0.565. The Morgan fingerprint density at radius 1 is 1.07 bits per heavy atom. The molecule has 0 aromatic heterocycles. The molecule has 1 unspecified atom stereocenters. The fourth-order valence-corrected chi connectivity index (χ4v) is 3.60.